The molecule has 1 aromatic heterocycles. The molecule has 2 aromatic rings. The number of para-hydroxylation sites is 1. The fraction of sp³-hybridized carbons (Fsp3) is 0.526. The zero-order chi connectivity index (χ0) is 16.4. The van der Waals surface area contributed by atoms with E-state index in [4.69, 9.17) is 0 Å². The van der Waals surface area contributed by atoms with Crippen molar-refractivity contribution in [3.63, 3.8) is 0 Å². The van der Waals surface area contributed by atoms with Crippen LogP contribution in [0.4, 0.5) is 4.79 Å². The number of urea groups is 1. The van der Waals surface area contributed by atoms with Gasteiger partial charge in [-0.1, -0.05) is 18.2 Å². The monoisotopic (exact) mass is 313 g/mol. The number of rotatable bonds is 3. The number of hydrogen-bond donors (Lipinski definition) is 2. The van der Waals surface area contributed by atoms with Gasteiger partial charge in [0.2, 0.25) is 0 Å². The molecule has 4 nitrogen and oxygen atoms in total. The Morgan fingerprint density at radius 1 is 1.30 bits per heavy atom. The van der Waals surface area contributed by atoms with E-state index >= 15 is 0 Å². The summed E-state index contributed by atoms with van der Waals surface area (Å²) in [5.41, 5.74) is 3.96. The first kappa shape index (κ1) is 15.9. The summed E-state index contributed by atoms with van der Waals surface area (Å²) in [6, 6.07) is 8.83. The number of H-pyrrole nitrogens is 1. The highest BCUT2D eigenvalue weighted by atomic mass is 16.2. The van der Waals surface area contributed by atoms with E-state index in [1.807, 2.05) is 18.7 Å². The molecular formula is C19H27N3O. The number of piperidine rings is 1. The van der Waals surface area contributed by atoms with Crippen molar-refractivity contribution in [2.45, 2.75) is 46.1 Å². The Labute approximate surface area is 138 Å². The number of hydrogen-bond acceptors (Lipinski definition) is 1. The Hall–Kier alpha value is -1.97. The SMILES string of the molecule is Cc1[nH]c2ccccc2c1CC1CCN(C(=O)NC(C)C)CC1. The molecule has 1 aliphatic rings. The highest BCUT2D eigenvalue weighted by Crippen LogP contribution is 2.28. The molecule has 0 atom stereocenters. The lowest BCUT2D eigenvalue weighted by Crippen LogP contribution is -2.46. The lowest BCUT2D eigenvalue weighted by atomic mass is 9.89. The first-order valence-electron chi connectivity index (χ1n) is 8.66. The smallest absolute Gasteiger partial charge is 0.317 e. The van der Waals surface area contributed by atoms with Crippen molar-refractivity contribution < 1.29 is 4.79 Å². The number of benzene rings is 1. The van der Waals surface area contributed by atoms with Crippen molar-refractivity contribution in [3.05, 3.63) is 35.5 Å². The molecule has 0 radical (unpaired) electrons. The van der Waals surface area contributed by atoms with Gasteiger partial charge in [0, 0.05) is 35.7 Å². The van der Waals surface area contributed by atoms with E-state index in [0.29, 0.717) is 5.92 Å². The number of aryl methyl sites for hydroxylation is 1. The molecule has 1 aliphatic heterocycles. The summed E-state index contributed by atoms with van der Waals surface area (Å²) < 4.78 is 0. The van der Waals surface area contributed by atoms with Gasteiger partial charge in [0.1, 0.15) is 0 Å². The largest absolute Gasteiger partial charge is 0.358 e. The van der Waals surface area contributed by atoms with Gasteiger partial charge in [0.25, 0.3) is 0 Å². The Morgan fingerprint density at radius 3 is 2.70 bits per heavy atom. The fourth-order valence-corrected chi connectivity index (χ4v) is 3.56. The summed E-state index contributed by atoms with van der Waals surface area (Å²) in [7, 11) is 0. The first-order chi connectivity index (χ1) is 11.0. The van der Waals surface area contributed by atoms with Crippen LogP contribution in [-0.4, -0.2) is 35.0 Å². The van der Waals surface area contributed by atoms with Crippen molar-refractivity contribution in [1.29, 1.82) is 0 Å². The van der Waals surface area contributed by atoms with Crippen LogP contribution >= 0.6 is 0 Å². The van der Waals surface area contributed by atoms with Gasteiger partial charge >= 0.3 is 6.03 Å². The molecular weight excluding hydrogens is 286 g/mol. The van der Waals surface area contributed by atoms with Crippen LogP contribution in [0.15, 0.2) is 24.3 Å². The minimum absolute atomic E-state index is 0.0849. The average molecular weight is 313 g/mol. The molecule has 0 unspecified atom stereocenters. The van der Waals surface area contributed by atoms with Crippen LogP contribution in [0.2, 0.25) is 0 Å². The highest BCUT2D eigenvalue weighted by Gasteiger charge is 2.24. The van der Waals surface area contributed by atoms with Crippen molar-refractivity contribution >= 4 is 16.9 Å². The maximum Gasteiger partial charge on any atom is 0.317 e. The molecule has 0 bridgehead atoms. The zero-order valence-electron chi connectivity index (χ0n) is 14.4. The molecule has 1 aromatic carbocycles. The van der Waals surface area contributed by atoms with Crippen molar-refractivity contribution in [2.24, 2.45) is 5.92 Å². The second kappa shape index (κ2) is 6.65. The highest BCUT2D eigenvalue weighted by molar-refractivity contribution is 5.84. The number of amides is 2. The predicted molar refractivity (Wildman–Crippen MR) is 94.7 cm³/mol. The quantitative estimate of drug-likeness (QED) is 0.888. The molecule has 23 heavy (non-hydrogen) atoms. The average Bonchev–Trinajstić information content (AvgIpc) is 2.83. The van der Waals surface area contributed by atoms with Gasteiger partial charge in [-0.3, -0.25) is 0 Å². The van der Waals surface area contributed by atoms with Gasteiger partial charge in [0.15, 0.2) is 0 Å². The van der Waals surface area contributed by atoms with E-state index in [2.05, 4.69) is 41.5 Å². The van der Waals surface area contributed by atoms with Gasteiger partial charge in [-0.05, 0) is 57.6 Å². The second-order valence-electron chi connectivity index (χ2n) is 7.01. The Kier molecular flexibility index (Phi) is 4.60. The Bertz CT molecular complexity index is 681. The molecule has 1 saturated heterocycles. The van der Waals surface area contributed by atoms with Crippen LogP contribution < -0.4 is 5.32 Å². The summed E-state index contributed by atoms with van der Waals surface area (Å²) in [5, 5.41) is 4.34. The number of likely N-dealkylation sites (tertiary alicyclic amines) is 1. The second-order valence-corrected chi connectivity index (χ2v) is 7.01. The van der Waals surface area contributed by atoms with E-state index in [9.17, 15) is 4.79 Å². The van der Waals surface area contributed by atoms with Gasteiger partial charge in [-0.2, -0.15) is 0 Å². The number of aromatic amines is 1. The fourth-order valence-electron chi connectivity index (χ4n) is 3.56. The van der Waals surface area contributed by atoms with Crippen LogP contribution in [-0.2, 0) is 6.42 Å². The molecule has 4 heteroatoms. The van der Waals surface area contributed by atoms with Crippen LogP contribution in [0.5, 0.6) is 0 Å². The molecule has 2 amide bonds. The number of aromatic nitrogens is 1. The van der Waals surface area contributed by atoms with Gasteiger partial charge in [0.05, 0.1) is 0 Å². The molecule has 0 aliphatic carbocycles. The Balaban J connectivity index is 1.62. The lowest BCUT2D eigenvalue weighted by Gasteiger charge is -2.32. The first-order valence-corrected chi connectivity index (χ1v) is 8.66. The standard InChI is InChI=1S/C19H27N3O/c1-13(2)20-19(23)22-10-8-15(9-11-22)12-17-14(3)21-18-7-5-4-6-16(17)18/h4-7,13,15,21H,8-12H2,1-3H3,(H,20,23). The van der Waals surface area contributed by atoms with Gasteiger partial charge in [-0.25, -0.2) is 4.79 Å². The third-order valence-corrected chi connectivity index (χ3v) is 4.83. The van der Waals surface area contributed by atoms with Crippen LogP contribution in [0.3, 0.4) is 0 Å². The normalized spacial score (nSPS) is 16.3. The number of fused-ring (bicyclic) bond motifs is 1. The molecule has 2 N–H and O–H groups in total. The minimum Gasteiger partial charge on any atom is -0.358 e. The summed E-state index contributed by atoms with van der Waals surface area (Å²) in [4.78, 5) is 17.5. The molecule has 124 valence electrons. The van der Waals surface area contributed by atoms with Crippen LogP contribution in [0.25, 0.3) is 10.9 Å². The Morgan fingerprint density at radius 2 is 2.00 bits per heavy atom. The van der Waals surface area contributed by atoms with E-state index in [0.717, 1.165) is 32.4 Å². The summed E-state index contributed by atoms with van der Waals surface area (Å²) in [6.07, 6.45) is 3.28. The number of nitrogens with one attached hydrogen (secondary N) is 2. The third kappa shape index (κ3) is 3.52. The van der Waals surface area contributed by atoms with Crippen molar-refractivity contribution in [2.75, 3.05) is 13.1 Å². The maximum absolute atomic E-state index is 12.1. The number of carbonyl (C=O) groups excluding carboxylic acids is 1. The summed E-state index contributed by atoms with van der Waals surface area (Å²) in [5.74, 6) is 0.663. The van der Waals surface area contributed by atoms with Crippen LogP contribution in [0.1, 0.15) is 37.9 Å². The molecule has 3 rings (SSSR count). The maximum atomic E-state index is 12.1. The minimum atomic E-state index is 0.0849. The van der Waals surface area contributed by atoms with Gasteiger partial charge in [-0.15, -0.1) is 0 Å². The number of carbonyl (C=O) groups is 1. The topological polar surface area (TPSA) is 48.1 Å². The van der Waals surface area contributed by atoms with Gasteiger partial charge < -0.3 is 15.2 Å². The molecule has 0 spiro atoms. The van der Waals surface area contributed by atoms with E-state index < -0.39 is 0 Å². The summed E-state index contributed by atoms with van der Waals surface area (Å²) in [6.45, 7) is 7.91. The molecule has 1 fully saturated rings. The number of nitrogens with zero attached hydrogens (tertiary/aromatic N) is 1. The third-order valence-electron chi connectivity index (χ3n) is 4.83. The van der Waals surface area contributed by atoms with E-state index in [1.54, 1.807) is 0 Å². The van der Waals surface area contributed by atoms with Crippen molar-refractivity contribution in [1.82, 2.24) is 15.2 Å². The molecule has 0 saturated carbocycles. The molecule has 2 heterocycles. The van der Waals surface area contributed by atoms with E-state index in [-0.39, 0.29) is 12.1 Å². The zero-order valence-corrected chi connectivity index (χ0v) is 14.4. The van der Waals surface area contributed by atoms with Crippen LogP contribution in [0, 0.1) is 12.8 Å². The predicted octanol–water partition coefficient (Wildman–Crippen LogP) is 3.85. The van der Waals surface area contributed by atoms with Crippen molar-refractivity contribution in [3.8, 4) is 0 Å². The summed E-state index contributed by atoms with van der Waals surface area (Å²) >= 11 is 0. The lowest BCUT2D eigenvalue weighted by molar-refractivity contribution is 0.168. The van der Waals surface area contributed by atoms with E-state index in [1.165, 1.54) is 22.2 Å².